The first kappa shape index (κ1) is 15.5. The van der Waals surface area contributed by atoms with E-state index in [0.717, 1.165) is 12.8 Å². The van der Waals surface area contributed by atoms with Gasteiger partial charge in [0.05, 0.1) is 5.41 Å². The number of hydrogen-bond donors (Lipinski definition) is 2. The van der Waals surface area contributed by atoms with E-state index in [0.29, 0.717) is 31.4 Å². The molecule has 0 saturated heterocycles. The topological polar surface area (TPSA) is 66.4 Å². The Morgan fingerprint density at radius 1 is 1.24 bits per heavy atom. The Balaban J connectivity index is 1.79. The molecule has 0 bridgehead atoms. The van der Waals surface area contributed by atoms with Crippen molar-refractivity contribution in [1.82, 2.24) is 5.32 Å². The Kier molecular flexibility index (Phi) is 4.94. The van der Waals surface area contributed by atoms with Crippen LogP contribution in [0.5, 0.6) is 0 Å². The third-order valence-corrected chi connectivity index (χ3v) is 3.92. The molecule has 1 aromatic carbocycles. The van der Waals surface area contributed by atoms with Crippen molar-refractivity contribution in [2.45, 2.75) is 38.5 Å². The lowest BCUT2D eigenvalue weighted by atomic mass is 9.95. The van der Waals surface area contributed by atoms with Gasteiger partial charge in [-0.25, -0.2) is 4.39 Å². The summed E-state index contributed by atoms with van der Waals surface area (Å²) in [5.74, 6) is -1.13. The second kappa shape index (κ2) is 6.70. The van der Waals surface area contributed by atoms with E-state index in [1.165, 1.54) is 6.07 Å². The fourth-order valence-corrected chi connectivity index (χ4v) is 2.43. The largest absolute Gasteiger partial charge is 0.481 e. The van der Waals surface area contributed by atoms with Gasteiger partial charge in [-0.05, 0) is 43.7 Å². The summed E-state index contributed by atoms with van der Waals surface area (Å²) in [5.41, 5.74) is 0.116. The zero-order chi connectivity index (χ0) is 15.3. The zero-order valence-corrected chi connectivity index (χ0v) is 11.9. The van der Waals surface area contributed by atoms with Crippen LogP contribution in [0.3, 0.4) is 0 Å². The molecular formula is C16H20FNO3. The van der Waals surface area contributed by atoms with Crippen LogP contribution >= 0.6 is 0 Å². The molecule has 0 heterocycles. The second-order valence-corrected chi connectivity index (χ2v) is 5.66. The molecule has 2 N–H and O–H groups in total. The highest BCUT2D eigenvalue weighted by molar-refractivity contribution is 5.85. The molecule has 21 heavy (non-hydrogen) atoms. The van der Waals surface area contributed by atoms with Gasteiger partial charge in [0.1, 0.15) is 5.82 Å². The van der Waals surface area contributed by atoms with Crippen LogP contribution in [-0.2, 0) is 16.0 Å². The van der Waals surface area contributed by atoms with Crippen molar-refractivity contribution in [3.8, 4) is 0 Å². The number of carboxylic acids is 1. The Morgan fingerprint density at radius 2 is 1.95 bits per heavy atom. The summed E-state index contributed by atoms with van der Waals surface area (Å²) in [5, 5.41) is 11.4. The van der Waals surface area contributed by atoms with Gasteiger partial charge in [0.25, 0.3) is 0 Å². The number of aliphatic carboxylic acids is 1. The molecule has 5 heteroatoms. The zero-order valence-electron chi connectivity index (χ0n) is 11.9. The summed E-state index contributed by atoms with van der Waals surface area (Å²) >= 11 is 0. The molecule has 114 valence electrons. The van der Waals surface area contributed by atoms with Crippen molar-refractivity contribution in [3.05, 3.63) is 35.6 Å². The van der Waals surface area contributed by atoms with Crippen molar-refractivity contribution in [3.63, 3.8) is 0 Å². The maximum Gasteiger partial charge on any atom is 0.303 e. The van der Waals surface area contributed by atoms with Gasteiger partial charge >= 0.3 is 5.97 Å². The first-order valence-electron chi connectivity index (χ1n) is 7.27. The normalized spacial score (nSPS) is 15.5. The van der Waals surface area contributed by atoms with Crippen molar-refractivity contribution in [2.24, 2.45) is 5.41 Å². The highest BCUT2D eigenvalue weighted by atomic mass is 19.1. The number of carbonyl (C=O) groups is 2. The quantitative estimate of drug-likeness (QED) is 0.724. The lowest BCUT2D eigenvalue weighted by Gasteiger charge is -2.15. The van der Waals surface area contributed by atoms with Gasteiger partial charge in [-0.2, -0.15) is 0 Å². The molecule has 0 unspecified atom stereocenters. The van der Waals surface area contributed by atoms with Crippen LogP contribution < -0.4 is 5.32 Å². The highest BCUT2D eigenvalue weighted by Gasteiger charge is 2.49. The average Bonchev–Trinajstić information content (AvgIpc) is 3.21. The Hall–Kier alpha value is -1.91. The van der Waals surface area contributed by atoms with Gasteiger partial charge in [-0.3, -0.25) is 9.59 Å². The van der Waals surface area contributed by atoms with Crippen LogP contribution in [0.1, 0.15) is 37.7 Å². The molecule has 0 radical (unpaired) electrons. The van der Waals surface area contributed by atoms with Crippen LogP contribution in [0.25, 0.3) is 0 Å². The molecule has 1 amide bonds. The fraction of sp³-hybridized carbons (Fsp3) is 0.500. The van der Waals surface area contributed by atoms with Crippen molar-refractivity contribution in [1.29, 1.82) is 0 Å². The predicted molar refractivity (Wildman–Crippen MR) is 76.3 cm³/mol. The maximum atomic E-state index is 13.7. The van der Waals surface area contributed by atoms with Gasteiger partial charge in [0.15, 0.2) is 0 Å². The van der Waals surface area contributed by atoms with Crippen LogP contribution in [0.2, 0.25) is 0 Å². The van der Waals surface area contributed by atoms with Crippen molar-refractivity contribution < 1.29 is 19.1 Å². The summed E-state index contributed by atoms with van der Waals surface area (Å²) in [7, 11) is 0. The Labute approximate surface area is 123 Å². The predicted octanol–water partition coefficient (Wildman–Crippen LogP) is 2.52. The molecule has 0 spiro atoms. The smallest absolute Gasteiger partial charge is 0.303 e. The first-order chi connectivity index (χ1) is 10.0. The van der Waals surface area contributed by atoms with Crippen LogP contribution in [0.15, 0.2) is 24.3 Å². The summed E-state index contributed by atoms with van der Waals surface area (Å²) in [6.07, 6.45) is 3.31. The fourth-order valence-electron chi connectivity index (χ4n) is 2.43. The lowest BCUT2D eigenvalue weighted by molar-refractivity contribution is -0.137. The molecule has 1 saturated carbocycles. The molecule has 1 aromatic rings. The third-order valence-electron chi connectivity index (χ3n) is 3.92. The number of rotatable bonds is 8. The number of nitrogens with one attached hydrogen (secondary N) is 1. The van der Waals surface area contributed by atoms with Gasteiger partial charge in [-0.15, -0.1) is 0 Å². The lowest BCUT2D eigenvalue weighted by Crippen LogP contribution is -2.34. The minimum atomic E-state index is -0.820. The van der Waals surface area contributed by atoms with Crippen LogP contribution in [-0.4, -0.2) is 23.5 Å². The number of amides is 1. The molecule has 4 nitrogen and oxygen atoms in total. The number of halogens is 1. The van der Waals surface area contributed by atoms with Crippen LogP contribution in [0, 0.1) is 11.2 Å². The third kappa shape index (κ3) is 4.28. The highest BCUT2D eigenvalue weighted by Crippen LogP contribution is 2.48. The van der Waals surface area contributed by atoms with E-state index in [2.05, 4.69) is 5.32 Å². The Bertz CT molecular complexity index is 526. The van der Waals surface area contributed by atoms with Crippen LogP contribution in [0.4, 0.5) is 4.39 Å². The van der Waals surface area contributed by atoms with Gasteiger partial charge in [0.2, 0.25) is 5.91 Å². The van der Waals surface area contributed by atoms with E-state index in [1.807, 2.05) is 0 Å². The minimum Gasteiger partial charge on any atom is -0.481 e. The van der Waals surface area contributed by atoms with E-state index < -0.39 is 11.4 Å². The van der Waals surface area contributed by atoms with Gasteiger partial charge in [-0.1, -0.05) is 18.2 Å². The summed E-state index contributed by atoms with van der Waals surface area (Å²) in [6, 6.07) is 6.55. The summed E-state index contributed by atoms with van der Waals surface area (Å²) < 4.78 is 13.7. The molecule has 2 rings (SSSR count). The van der Waals surface area contributed by atoms with E-state index in [1.54, 1.807) is 18.2 Å². The number of unbranched alkanes of at least 4 members (excludes halogenated alkanes) is 1. The standard InChI is InChI=1S/C16H20FNO3/c17-13-6-2-1-5-12(13)11-16(8-9-16)15(21)18-10-4-3-7-14(19)20/h1-2,5-6H,3-4,7-11H2,(H,18,21)(H,19,20). The summed E-state index contributed by atoms with van der Waals surface area (Å²) in [6.45, 7) is 0.477. The SMILES string of the molecule is O=C(O)CCCCNC(=O)C1(Cc2ccccc2F)CC1. The van der Waals surface area contributed by atoms with E-state index in [4.69, 9.17) is 5.11 Å². The number of benzene rings is 1. The number of carboxylic acid groups (broad SMARTS) is 1. The molecule has 0 atom stereocenters. The van der Waals surface area contributed by atoms with E-state index >= 15 is 0 Å². The van der Waals surface area contributed by atoms with E-state index in [9.17, 15) is 14.0 Å². The monoisotopic (exact) mass is 293 g/mol. The molecule has 0 aromatic heterocycles. The van der Waals surface area contributed by atoms with Gasteiger partial charge < -0.3 is 10.4 Å². The summed E-state index contributed by atoms with van der Waals surface area (Å²) in [4.78, 5) is 22.6. The maximum absolute atomic E-state index is 13.7. The number of hydrogen-bond acceptors (Lipinski definition) is 2. The molecular weight excluding hydrogens is 273 g/mol. The minimum absolute atomic E-state index is 0.0407. The van der Waals surface area contributed by atoms with Gasteiger partial charge in [0, 0.05) is 13.0 Å². The Morgan fingerprint density at radius 3 is 2.57 bits per heavy atom. The van der Waals surface area contributed by atoms with Crippen molar-refractivity contribution in [2.75, 3.05) is 6.54 Å². The molecule has 0 aliphatic heterocycles. The molecule has 1 aliphatic rings. The first-order valence-corrected chi connectivity index (χ1v) is 7.27. The second-order valence-electron chi connectivity index (χ2n) is 5.66. The number of carbonyl (C=O) groups excluding carboxylic acids is 1. The van der Waals surface area contributed by atoms with Crippen molar-refractivity contribution >= 4 is 11.9 Å². The van der Waals surface area contributed by atoms with E-state index in [-0.39, 0.29) is 18.1 Å². The average molecular weight is 293 g/mol. The molecule has 1 aliphatic carbocycles. The molecule has 1 fully saturated rings.